The highest BCUT2D eigenvalue weighted by molar-refractivity contribution is 7.92. The van der Waals surface area contributed by atoms with E-state index in [9.17, 15) is 13.2 Å². The molecule has 0 atom stereocenters. The van der Waals surface area contributed by atoms with Gasteiger partial charge in [-0.25, -0.2) is 13.4 Å². The molecule has 0 radical (unpaired) electrons. The highest BCUT2D eigenvalue weighted by atomic mass is 32.2. The van der Waals surface area contributed by atoms with Crippen LogP contribution in [-0.2, 0) is 10.0 Å². The third-order valence-electron chi connectivity index (χ3n) is 4.38. The monoisotopic (exact) mass is 431 g/mol. The van der Waals surface area contributed by atoms with Crippen molar-refractivity contribution in [2.75, 3.05) is 23.8 Å². The van der Waals surface area contributed by atoms with Crippen molar-refractivity contribution >= 4 is 38.1 Å². The minimum absolute atomic E-state index is 0.0111. The van der Waals surface area contributed by atoms with Gasteiger partial charge in [0.25, 0.3) is 15.9 Å². The summed E-state index contributed by atoms with van der Waals surface area (Å²) in [5, 5.41) is 5.01. The van der Waals surface area contributed by atoms with Crippen molar-refractivity contribution in [1.29, 1.82) is 0 Å². The minimum Gasteiger partial charge on any atom is -0.495 e. The Bertz CT molecular complexity index is 1160. The molecule has 3 rings (SSSR count). The number of amides is 1. The van der Waals surface area contributed by atoms with Crippen LogP contribution >= 0.6 is 11.3 Å². The van der Waals surface area contributed by atoms with Crippen molar-refractivity contribution < 1.29 is 17.9 Å². The molecule has 0 aliphatic carbocycles. The van der Waals surface area contributed by atoms with Gasteiger partial charge in [-0.15, -0.1) is 11.3 Å². The fourth-order valence-electron chi connectivity index (χ4n) is 2.76. The third-order valence-corrected chi connectivity index (χ3v) is 7.02. The van der Waals surface area contributed by atoms with E-state index in [0.717, 1.165) is 10.00 Å². The number of hydrogen-bond acceptors (Lipinski definition) is 6. The predicted octanol–water partition coefficient (Wildman–Crippen LogP) is 3.85. The molecule has 0 fully saturated rings. The summed E-state index contributed by atoms with van der Waals surface area (Å²) >= 11 is 1.31. The normalized spacial score (nSPS) is 11.2. The van der Waals surface area contributed by atoms with Crippen LogP contribution in [0.15, 0.2) is 52.7 Å². The fourth-order valence-corrected chi connectivity index (χ4v) is 4.68. The van der Waals surface area contributed by atoms with Crippen LogP contribution in [0.5, 0.6) is 5.75 Å². The first kappa shape index (κ1) is 20.8. The van der Waals surface area contributed by atoms with Gasteiger partial charge in [0.2, 0.25) is 0 Å². The second-order valence-corrected chi connectivity index (χ2v) is 9.20. The van der Waals surface area contributed by atoms with E-state index >= 15 is 0 Å². The molecule has 152 valence electrons. The molecule has 1 amide bonds. The summed E-state index contributed by atoms with van der Waals surface area (Å²) < 4.78 is 32.8. The van der Waals surface area contributed by atoms with Crippen LogP contribution in [-0.4, -0.2) is 33.5 Å². The molecule has 0 aliphatic heterocycles. The van der Waals surface area contributed by atoms with Gasteiger partial charge in [-0.05, 0) is 43.7 Å². The van der Waals surface area contributed by atoms with Gasteiger partial charge in [0.05, 0.1) is 23.4 Å². The molecule has 9 heteroatoms. The Balaban J connectivity index is 1.96. The number of nitrogens with one attached hydrogen (secondary N) is 1. The van der Waals surface area contributed by atoms with E-state index < -0.39 is 15.9 Å². The van der Waals surface area contributed by atoms with Crippen LogP contribution in [0.1, 0.15) is 21.6 Å². The van der Waals surface area contributed by atoms with Crippen molar-refractivity contribution in [3.8, 4) is 5.75 Å². The average molecular weight is 432 g/mol. The van der Waals surface area contributed by atoms with Crippen molar-refractivity contribution in [3.05, 3.63) is 64.7 Å². The van der Waals surface area contributed by atoms with E-state index in [2.05, 4.69) is 10.3 Å². The molecule has 0 spiro atoms. The highest BCUT2D eigenvalue weighted by Crippen LogP contribution is 2.31. The maximum absolute atomic E-state index is 13.2. The topological polar surface area (TPSA) is 88.6 Å². The van der Waals surface area contributed by atoms with Gasteiger partial charge < -0.3 is 4.74 Å². The van der Waals surface area contributed by atoms with Crippen molar-refractivity contribution in [2.24, 2.45) is 0 Å². The number of aromatic nitrogens is 1. The summed E-state index contributed by atoms with van der Waals surface area (Å²) in [7, 11) is -0.976. The Morgan fingerprint density at radius 1 is 1.17 bits per heavy atom. The van der Waals surface area contributed by atoms with Gasteiger partial charge in [-0.1, -0.05) is 18.2 Å². The highest BCUT2D eigenvalue weighted by Gasteiger charge is 2.25. The Kier molecular flexibility index (Phi) is 5.90. The molecular formula is C20H21N3O4S2. The SMILES string of the molecule is COc1ccccc1N(C)S(=O)(=O)c1ccc(C)c(C(=O)Nc2nc(C)cs2)c1. The number of para-hydroxylation sites is 2. The number of hydrogen-bond donors (Lipinski definition) is 1. The number of ether oxygens (including phenoxy) is 1. The molecule has 3 aromatic rings. The quantitative estimate of drug-likeness (QED) is 0.640. The van der Waals surface area contributed by atoms with Crippen LogP contribution in [0.2, 0.25) is 0 Å². The minimum atomic E-state index is -3.91. The van der Waals surface area contributed by atoms with Crippen LogP contribution in [0.3, 0.4) is 0 Å². The molecule has 1 heterocycles. The van der Waals surface area contributed by atoms with Crippen molar-refractivity contribution in [1.82, 2.24) is 4.98 Å². The lowest BCUT2D eigenvalue weighted by molar-refractivity contribution is 0.102. The van der Waals surface area contributed by atoms with Crippen LogP contribution < -0.4 is 14.4 Å². The smallest absolute Gasteiger partial charge is 0.264 e. The summed E-state index contributed by atoms with van der Waals surface area (Å²) in [6, 6.07) is 11.3. The lowest BCUT2D eigenvalue weighted by atomic mass is 10.1. The Morgan fingerprint density at radius 2 is 1.90 bits per heavy atom. The molecule has 1 N–H and O–H groups in total. The lowest BCUT2D eigenvalue weighted by Crippen LogP contribution is -2.27. The summed E-state index contributed by atoms with van der Waals surface area (Å²) in [6.45, 7) is 3.58. The Hall–Kier alpha value is -2.91. The molecule has 0 unspecified atom stereocenters. The standard InChI is InChI=1S/C20H21N3O4S2/c1-13-9-10-15(11-16(13)19(24)22-20-21-14(2)12-28-20)29(25,26)23(3)17-7-5-6-8-18(17)27-4/h5-12H,1-4H3,(H,21,22,24). The van der Waals surface area contributed by atoms with Crippen molar-refractivity contribution in [2.45, 2.75) is 18.7 Å². The Labute approximate surface area is 174 Å². The van der Waals surface area contributed by atoms with Crippen LogP contribution in [0.4, 0.5) is 10.8 Å². The molecule has 0 bridgehead atoms. The summed E-state index contributed by atoms with van der Waals surface area (Å²) in [5.41, 5.74) is 2.14. The number of nitrogens with zero attached hydrogens (tertiary/aromatic N) is 2. The molecule has 0 saturated heterocycles. The molecule has 7 nitrogen and oxygen atoms in total. The largest absolute Gasteiger partial charge is 0.495 e. The number of aryl methyl sites for hydroxylation is 2. The number of benzene rings is 2. The zero-order chi connectivity index (χ0) is 21.2. The first-order valence-electron chi connectivity index (χ1n) is 8.70. The number of carbonyl (C=O) groups excluding carboxylic acids is 1. The zero-order valence-corrected chi connectivity index (χ0v) is 18.1. The van der Waals surface area contributed by atoms with Gasteiger partial charge in [0.1, 0.15) is 5.75 Å². The number of anilines is 2. The number of carbonyl (C=O) groups is 1. The molecule has 2 aromatic carbocycles. The second kappa shape index (κ2) is 8.22. The summed E-state index contributed by atoms with van der Waals surface area (Å²) in [6.07, 6.45) is 0. The molecule has 1 aromatic heterocycles. The van der Waals surface area contributed by atoms with E-state index in [4.69, 9.17) is 4.74 Å². The maximum Gasteiger partial charge on any atom is 0.264 e. The number of methoxy groups -OCH3 is 1. The fraction of sp³-hybridized carbons (Fsp3) is 0.200. The van der Waals surface area contributed by atoms with Gasteiger partial charge in [-0.2, -0.15) is 0 Å². The first-order chi connectivity index (χ1) is 13.7. The van der Waals surface area contributed by atoms with Gasteiger partial charge in [0.15, 0.2) is 5.13 Å². The van der Waals surface area contributed by atoms with E-state index in [-0.39, 0.29) is 10.5 Å². The molecular weight excluding hydrogens is 410 g/mol. The zero-order valence-electron chi connectivity index (χ0n) is 16.5. The van der Waals surface area contributed by atoms with E-state index in [1.807, 2.05) is 12.3 Å². The van der Waals surface area contributed by atoms with Gasteiger partial charge >= 0.3 is 0 Å². The summed E-state index contributed by atoms with van der Waals surface area (Å²) in [5.74, 6) is 0.0247. The Morgan fingerprint density at radius 3 is 2.55 bits per heavy atom. The maximum atomic E-state index is 13.2. The van der Waals surface area contributed by atoms with E-state index in [1.54, 1.807) is 37.3 Å². The van der Waals surface area contributed by atoms with Gasteiger partial charge in [-0.3, -0.25) is 14.4 Å². The first-order valence-corrected chi connectivity index (χ1v) is 11.0. The molecule has 0 saturated carbocycles. The van der Waals surface area contributed by atoms with Crippen LogP contribution in [0, 0.1) is 13.8 Å². The van der Waals surface area contributed by atoms with Crippen LogP contribution in [0.25, 0.3) is 0 Å². The predicted molar refractivity (Wildman–Crippen MR) is 115 cm³/mol. The van der Waals surface area contributed by atoms with Crippen molar-refractivity contribution in [3.63, 3.8) is 0 Å². The number of rotatable bonds is 6. The summed E-state index contributed by atoms with van der Waals surface area (Å²) in [4.78, 5) is 16.9. The van der Waals surface area contributed by atoms with E-state index in [1.165, 1.54) is 37.6 Å². The lowest BCUT2D eigenvalue weighted by Gasteiger charge is -2.22. The average Bonchev–Trinajstić information content (AvgIpc) is 3.11. The number of thiazole rings is 1. The second-order valence-electron chi connectivity index (χ2n) is 6.37. The van der Waals surface area contributed by atoms with Gasteiger partial charge in [0, 0.05) is 18.0 Å². The third kappa shape index (κ3) is 4.25. The molecule has 29 heavy (non-hydrogen) atoms. The van der Waals surface area contributed by atoms with E-state index in [0.29, 0.717) is 22.1 Å². The molecule has 0 aliphatic rings. The number of sulfonamides is 1.